The fraction of sp³-hybridized carbons (Fsp3) is 0.371. The maximum atomic E-state index is 13.1. The van der Waals surface area contributed by atoms with Gasteiger partial charge in [-0.3, -0.25) is 9.89 Å². The Labute approximate surface area is 279 Å². The second-order valence-corrected chi connectivity index (χ2v) is 13.6. The van der Waals surface area contributed by atoms with Gasteiger partial charge in [-0.15, -0.1) is 0 Å². The van der Waals surface area contributed by atoms with Crippen molar-refractivity contribution in [3.05, 3.63) is 102 Å². The summed E-state index contributed by atoms with van der Waals surface area (Å²) in [4.78, 5) is 26.1. The summed E-state index contributed by atoms with van der Waals surface area (Å²) < 4.78 is 13.0. The van der Waals surface area contributed by atoms with Crippen LogP contribution in [0, 0.1) is 6.92 Å². The monoisotopic (exact) mass is 671 g/mol. The maximum Gasteiger partial charge on any atom is 0.339 e. The number of hydrogen-bond donors (Lipinski definition) is 2. The van der Waals surface area contributed by atoms with Crippen LogP contribution >= 0.6 is 34.8 Å². The Morgan fingerprint density at radius 3 is 2.31 bits per heavy atom. The van der Waals surface area contributed by atoms with E-state index in [4.69, 9.17) is 44.3 Å². The van der Waals surface area contributed by atoms with Crippen LogP contribution in [0.15, 0.2) is 59.4 Å². The summed E-state index contributed by atoms with van der Waals surface area (Å²) >= 11 is 19.1. The molecular weight excluding hydrogens is 633 g/mol. The summed E-state index contributed by atoms with van der Waals surface area (Å²) in [6, 6.07) is 16.0. The molecule has 45 heavy (non-hydrogen) atoms. The Kier molecular flexibility index (Phi) is 10.7. The number of aryl methyl sites for hydroxylation is 1. The number of aromatic amines is 1. The first-order valence-corrected chi connectivity index (χ1v) is 16.1. The lowest BCUT2D eigenvalue weighted by Crippen LogP contribution is -2.22. The van der Waals surface area contributed by atoms with Gasteiger partial charge in [-0.2, -0.15) is 0 Å². The first-order valence-electron chi connectivity index (χ1n) is 15.0. The normalized spacial score (nSPS) is 11.9. The number of nitrogens with one attached hydrogen (secondary N) is 2. The van der Waals surface area contributed by atoms with Crippen LogP contribution in [-0.4, -0.2) is 29.0 Å². The molecule has 0 fully saturated rings. The van der Waals surface area contributed by atoms with Crippen LogP contribution in [0.25, 0.3) is 5.69 Å². The molecule has 240 valence electrons. The van der Waals surface area contributed by atoms with Crippen molar-refractivity contribution in [2.75, 3.05) is 18.5 Å². The molecule has 1 heterocycles. The van der Waals surface area contributed by atoms with E-state index in [1.54, 1.807) is 37.3 Å². The Hall–Kier alpha value is -3.39. The number of nitrogens with zero attached hydrogens (tertiary/aromatic N) is 1. The molecule has 0 spiro atoms. The van der Waals surface area contributed by atoms with E-state index in [9.17, 15) is 9.59 Å². The highest BCUT2D eigenvalue weighted by Gasteiger charge is 2.27. The van der Waals surface area contributed by atoms with E-state index in [0.29, 0.717) is 32.8 Å². The molecule has 4 rings (SSSR count). The summed E-state index contributed by atoms with van der Waals surface area (Å²) in [6.07, 6.45) is 1.96. The largest absolute Gasteiger partial charge is 0.490 e. The molecule has 7 nitrogen and oxygen atoms in total. The summed E-state index contributed by atoms with van der Waals surface area (Å²) in [5.74, 6) is 0.517. The lowest BCUT2D eigenvalue weighted by molar-refractivity contribution is 0.0449. The molecule has 0 aliphatic carbocycles. The second-order valence-electron chi connectivity index (χ2n) is 12.4. The van der Waals surface area contributed by atoms with E-state index in [1.807, 2.05) is 6.07 Å². The van der Waals surface area contributed by atoms with Gasteiger partial charge in [0.25, 0.3) is 5.56 Å². The third kappa shape index (κ3) is 7.71. The number of H-pyrrole nitrogens is 1. The van der Waals surface area contributed by atoms with Crippen molar-refractivity contribution in [3.8, 4) is 11.4 Å². The Balaban J connectivity index is 1.49. The summed E-state index contributed by atoms with van der Waals surface area (Å²) in [6.45, 7) is 15.2. The number of ether oxygens (including phenoxy) is 2. The molecular formula is C35H40Cl3N3O4. The quantitative estimate of drug-likeness (QED) is 0.116. The zero-order valence-corrected chi connectivity index (χ0v) is 29.0. The summed E-state index contributed by atoms with van der Waals surface area (Å²) in [5, 5.41) is 7.04. The van der Waals surface area contributed by atoms with Crippen LogP contribution < -0.4 is 15.6 Å². The number of hydrogen-bond acceptors (Lipinski definition) is 5. The highest BCUT2D eigenvalue weighted by molar-refractivity contribution is 6.36. The molecule has 0 saturated heterocycles. The third-order valence-electron chi connectivity index (χ3n) is 8.51. The fourth-order valence-electron chi connectivity index (χ4n) is 4.82. The first-order chi connectivity index (χ1) is 21.2. The van der Waals surface area contributed by atoms with Gasteiger partial charge in [0, 0.05) is 16.7 Å². The van der Waals surface area contributed by atoms with Crippen molar-refractivity contribution in [1.82, 2.24) is 9.78 Å². The zero-order chi connectivity index (χ0) is 33.1. The molecule has 0 aliphatic rings. The standard InChI is InChI=1S/C35H40Cl3N3O4/c1-8-34(4,5)22-11-15-28(25(18-22)35(6,7)9-2)44-16-17-45-33(43)24-13-10-21(3)32(31(24)38)41-30(42)20-29(40-41)39-27-19-23(36)12-14-26(27)37/h10-15,18-20,39-40H,8-9,16-17H2,1-7H3. The van der Waals surface area contributed by atoms with Crippen molar-refractivity contribution in [3.63, 3.8) is 0 Å². The molecule has 10 heteroatoms. The van der Waals surface area contributed by atoms with Crippen LogP contribution in [0.2, 0.25) is 15.1 Å². The first kappa shape index (κ1) is 34.5. The van der Waals surface area contributed by atoms with Gasteiger partial charge in [-0.05, 0) is 72.1 Å². The Morgan fingerprint density at radius 2 is 1.62 bits per heavy atom. The molecule has 4 aromatic rings. The van der Waals surface area contributed by atoms with Crippen molar-refractivity contribution >= 4 is 52.3 Å². The summed E-state index contributed by atoms with van der Waals surface area (Å²) in [5.41, 5.74) is 3.62. The van der Waals surface area contributed by atoms with Gasteiger partial charge >= 0.3 is 5.97 Å². The fourth-order valence-corrected chi connectivity index (χ4v) is 5.53. The number of halogens is 3. The number of benzene rings is 3. The van der Waals surface area contributed by atoms with Crippen molar-refractivity contribution < 1.29 is 14.3 Å². The van der Waals surface area contributed by atoms with Gasteiger partial charge in [0.15, 0.2) is 0 Å². The number of rotatable bonds is 12. The predicted octanol–water partition coefficient (Wildman–Crippen LogP) is 9.79. The molecule has 0 bridgehead atoms. The van der Waals surface area contributed by atoms with E-state index in [-0.39, 0.29) is 34.6 Å². The van der Waals surface area contributed by atoms with Gasteiger partial charge in [0.2, 0.25) is 0 Å². The molecule has 1 aromatic heterocycles. The Morgan fingerprint density at radius 1 is 0.911 bits per heavy atom. The van der Waals surface area contributed by atoms with E-state index in [1.165, 1.54) is 16.3 Å². The molecule has 0 radical (unpaired) electrons. The minimum Gasteiger partial charge on any atom is -0.490 e. The van der Waals surface area contributed by atoms with Crippen molar-refractivity contribution in [1.29, 1.82) is 0 Å². The van der Waals surface area contributed by atoms with E-state index < -0.39 is 11.5 Å². The molecule has 0 amide bonds. The topological polar surface area (TPSA) is 85.3 Å². The molecule has 0 unspecified atom stereocenters. The van der Waals surface area contributed by atoms with Crippen LogP contribution in [0.4, 0.5) is 11.5 Å². The third-order valence-corrected chi connectivity index (χ3v) is 9.46. The minimum atomic E-state index is -0.623. The zero-order valence-electron chi connectivity index (χ0n) is 26.7. The average Bonchev–Trinajstić information content (AvgIpc) is 3.36. The van der Waals surface area contributed by atoms with Gasteiger partial charge < -0.3 is 14.8 Å². The highest BCUT2D eigenvalue weighted by atomic mass is 35.5. The van der Waals surface area contributed by atoms with Gasteiger partial charge in [-0.1, -0.05) is 94.5 Å². The van der Waals surface area contributed by atoms with Crippen LogP contribution in [-0.2, 0) is 15.6 Å². The average molecular weight is 673 g/mol. The number of carbonyl (C=O) groups is 1. The number of esters is 1. The number of anilines is 2. The van der Waals surface area contributed by atoms with E-state index in [0.717, 1.165) is 24.2 Å². The van der Waals surface area contributed by atoms with Gasteiger partial charge in [0.05, 0.1) is 27.0 Å². The molecule has 0 atom stereocenters. The SMILES string of the molecule is CCC(C)(C)c1ccc(OCCOC(=O)c2ccc(C)c(-n3[nH]c(Nc4cc(Cl)ccc4Cl)cc3=O)c2Cl)c(C(C)(C)CC)c1. The van der Waals surface area contributed by atoms with E-state index in [2.05, 4.69) is 64.1 Å². The number of carbonyl (C=O) groups excluding carboxylic acids is 1. The lowest BCUT2D eigenvalue weighted by atomic mass is 9.76. The molecule has 0 saturated carbocycles. The van der Waals surface area contributed by atoms with Gasteiger partial charge in [0.1, 0.15) is 24.8 Å². The maximum absolute atomic E-state index is 13.1. The number of aromatic nitrogens is 2. The molecule has 2 N–H and O–H groups in total. The Bertz CT molecular complexity index is 1760. The predicted molar refractivity (Wildman–Crippen MR) is 185 cm³/mol. The smallest absolute Gasteiger partial charge is 0.339 e. The van der Waals surface area contributed by atoms with Crippen LogP contribution in [0.1, 0.15) is 81.4 Å². The van der Waals surface area contributed by atoms with Crippen LogP contribution in [0.3, 0.4) is 0 Å². The molecule has 3 aromatic carbocycles. The van der Waals surface area contributed by atoms with Crippen molar-refractivity contribution in [2.45, 2.75) is 72.1 Å². The lowest BCUT2D eigenvalue weighted by Gasteiger charge is -2.30. The van der Waals surface area contributed by atoms with Crippen molar-refractivity contribution in [2.24, 2.45) is 0 Å². The summed E-state index contributed by atoms with van der Waals surface area (Å²) in [7, 11) is 0. The molecule has 0 aliphatic heterocycles. The van der Waals surface area contributed by atoms with Crippen LogP contribution in [0.5, 0.6) is 5.75 Å². The highest BCUT2D eigenvalue weighted by Crippen LogP contribution is 2.38. The second kappa shape index (κ2) is 13.9. The van der Waals surface area contributed by atoms with Gasteiger partial charge in [-0.25, -0.2) is 9.48 Å². The minimum absolute atomic E-state index is 0.0173. The van der Waals surface area contributed by atoms with E-state index >= 15 is 0 Å².